The van der Waals surface area contributed by atoms with Gasteiger partial charge in [0, 0.05) is 13.2 Å². The quantitative estimate of drug-likeness (QED) is 0.0552. The van der Waals surface area contributed by atoms with Gasteiger partial charge in [0.15, 0.2) is 0 Å². The summed E-state index contributed by atoms with van der Waals surface area (Å²) in [6.45, 7) is 11.4. The van der Waals surface area contributed by atoms with E-state index in [4.69, 9.17) is 4.74 Å². The van der Waals surface area contributed by atoms with E-state index in [1.807, 2.05) is 0 Å². The molecular weight excluding hydrogens is 833 g/mol. The molecule has 2 atom stereocenters. The second-order valence-electron chi connectivity index (χ2n) is 23.8. The first-order valence-electron chi connectivity index (χ1n) is 33.9. The van der Waals surface area contributed by atoms with Crippen molar-refractivity contribution in [2.75, 3.05) is 13.2 Å². The molecule has 0 aromatic rings. The van der Waals surface area contributed by atoms with Crippen molar-refractivity contribution < 1.29 is 4.74 Å². The Kier molecular flexibility index (Phi) is 64.0. The van der Waals surface area contributed by atoms with Gasteiger partial charge in [-0.15, -0.1) is 0 Å². The molecule has 69 heavy (non-hydrogen) atoms. The molecule has 0 amide bonds. The Labute approximate surface area is 440 Å². The van der Waals surface area contributed by atoms with Gasteiger partial charge in [0.25, 0.3) is 0 Å². The second kappa shape index (κ2) is 64.1. The van der Waals surface area contributed by atoms with Crippen molar-refractivity contribution in [1.82, 2.24) is 0 Å². The highest BCUT2D eigenvalue weighted by Crippen LogP contribution is 2.27. The molecule has 0 aliphatic heterocycles. The van der Waals surface area contributed by atoms with Gasteiger partial charge in [0.1, 0.15) is 0 Å². The third kappa shape index (κ3) is 60.4. The van der Waals surface area contributed by atoms with E-state index >= 15 is 0 Å². The lowest BCUT2D eigenvalue weighted by Crippen LogP contribution is -2.01. The maximum absolute atomic E-state index is 6.02. The summed E-state index contributed by atoms with van der Waals surface area (Å²) in [7, 11) is 0. The van der Waals surface area contributed by atoms with Crippen LogP contribution in [0.1, 0.15) is 413 Å². The molecular formula is C68H138O. The number of hydrogen-bond donors (Lipinski definition) is 0. The van der Waals surface area contributed by atoms with E-state index in [1.54, 1.807) is 0 Å². The fourth-order valence-corrected chi connectivity index (χ4v) is 11.7. The Balaban J connectivity index is 3.55. The minimum absolute atomic E-state index is 0.998. The van der Waals surface area contributed by atoms with E-state index in [-0.39, 0.29) is 0 Å². The van der Waals surface area contributed by atoms with Gasteiger partial charge in [-0.05, 0) is 24.7 Å². The zero-order chi connectivity index (χ0) is 49.7. The minimum Gasteiger partial charge on any atom is -0.381 e. The van der Waals surface area contributed by atoms with Crippen molar-refractivity contribution in [2.45, 2.75) is 413 Å². The van der Waals surface area contributed by atoms with Crippen molar-refractivity contribution in [3.8, 4) is 0 Å². The van der Waals surface area contributed by atoms with Gasteiger partial charge in [-0.3, -0.25) is 0 Å². The summed E-state index contributed by atoms with van der Waals surface area (Å²) in [4.78, 5) is 0. The van der Waals surface area contributed by atoms with Crippen LogP contribution in [0.5, 0.6) is 0 Å². The first kappa shape index (κ1) is 69.0. The summed E-state index contributed by atoms with van der Waals surface area (Å²) in [5.41, 5.74) is 0. The average Bonchev–Trinajstić information content (AvgIpc) is 3.36. The normalized spacial score (nSPS) is 12.7. The molecule has 0 spiro atoms. The molecule has 1 heteroatoms. The smallest absolute Gasteiger partial charge is 0.0466 e. The summed E-state index contributed by atoms with van der Waals surface area (Å²) in [5.74, 6) is 2.05. The van der Waals surface area contributed by atoms with Crippen LogP contribution in [0.2, 0.25) is 0 Å². The zero-order valence-electron chi connectivity index (χ0n) is 49.4. The molecule has 0 N–H and O–H groups in total. The molecule has 0 fully saturated rings. The monoisotopic (exact) mass is 971 g/mol. The lowest BCUT2D eigenvalue weighted by atomic mass is 9.89. The predicted octanol–water partition coefficient (Wildman–Crippen LogP) is 25.7. The van der Waals surface area contributed by atoms with Crippen LogP contribution in [0, 0.1) is 11.8 Å². The molecule has 0 saturated heterocycles. The fourth-order valence-electron chi connectivity index (χ4n) is 11.7. The van der Waals surface area contributed by atoms with Gasteiger partial charge in [-0.2, -0.15) is 0 Å². The molecule has 0 saturated carbocycles. The molecule has 0 bridgehead atoms. The molecule has 0 heterocycles. The van der Waals surface area contributed by atoms with Gasteiger partial charge in [-0.25, -0.2) is 0 Å². The molecule has 0 aliphatic rings. The van der Waals surface area contributed by atoms with Crippen molar-refractivity contribution in [3.63, 3.8) is 0 Å². The third-order valence-corrected chi connectivity index (χ3v) is 16.7. The average molecular weight is 972 g/mol. The first-order valence-corrected chi connectivity index (χ1v) is 33.9. The van der Waals surface area contributed by atoms with Gasteiger partial charge < -0.3 is 4.74 Å². The van der Waals surface area contributed by atoms with Crippen LogP contribution < -0.4 is 0 Å². The second-order valence-corrected chi connectivity index (χ2v) is 23.8. The molecule has 1 nitrogen and oxygen atoms in total. The topological polar surface area (TPSA) is 9.23 Å². The first-order chi connectivity index (χ1) is 34.3. The number of hydrogen-bond acceptors (Lipinski definition) is 1. The van der Waals surface area contributed by atoms with Gasteiger partial charge >= 0.3 is 0 Å². The molecule has 416 valence electrons. The van der Waals surface area contributed by atoms with Crippen LogP contribution in [-0.2, 0) is 4.74 Å². The lowest BCUT2D eigenvalue weighted by molar-refractivity contribution is 0.125. The maximum atomic E-state index is 6.02. The van der Waals surface area contributed by atoms with E-state index in [0.29, 0.717) is 0 Å². The summed E-state index contributed by atoms with van der Waals surface area (Å²) < 4.78 is 6.02. The Morgan fingerprint density at radius 2 is 0.290 bits per heavy atom. The number of rotatable bonds is 64. The molecule has 0 aliphatic carbocycles. The Morgan fingerprint density at radius 3 is 0.478 bits per heavy atom. The molecule has 2 unspecified atom stereocenters. The van der Waals surface area contributed by atoms with E-state index in [1.165, 1.54) is 385 Å². The Hall–Kier alpha value is -0.0400. The summed E-state index contributed by atoms with van der Waals surface area (Å²) in [5, 5.41) is 0. The summed E-state index contributed by atoms with van der Waals surface area (Å²) in [6.07, 6.45) is 87.7. The zero-order valence-corrected chi connectivity index (χ0v) is 49.4. The van der Waals surface area contributed by atoms with E-state index in [9.17, 15) is 0 Å². The molecule has 0 aromatic heterocycles. The Bertz CT molecular complexity index is 783. The molecule has 0 radical (unpaired) electrons. The molecule has 0 aromatic carbocycles. The van der Waals surface area contributed by atoms with Crippen LogP contribution >= 0.6 is 0 Å². The van der Waals surface area contributed by atoms with E-state index in [2.05, 4.69) is 27.7 Å². The SMILES string of the molecule is CCCCCCCCCCCCCCCCC(CCCCC)CCCCCCCCCCCCOCCCCCCCCCCCCC(CCCCC)CCCCCCCCCCCCCCCC. The molecule has 0 rings (SSSR count). The predicted molar refractivity (Wildman–Crippen MR) is 318 cm³/mol. The lowest BCUT2D eigenvalue weighted by Gasteiger charge is -2.17. The Morgan fingerprint density at radius 1 is 0.159 bits per heavy atom. The van der Waals surface area contributed by atoms with Crippen LogP contribution in [-0.4, -0.2) is 13.2 Å². The van der Waals surface area contributed by atoms with Crippen LogP contribution in [0.3, 0.4) is 0 Å². The summed E-state index contributed by atoms with van der Waals surface area (Å²) >= 11 is 0. The van der Waals surface area contributed by atoms with Crippen molar-refractivity contribution in [2.24, 2.45) is 11.8 Å². The van der Waals surface area contributed by atoms with Crippen LogP contribution in [0.25, 0.3) is 0 Å². The fraction of sp³-hybridized carbons (Fsp3) is 1.00. The largest absolute Gasteiger partial charge is 0.381 e. The van der Waals surface area contributed by atoms with E-state index < -0.39 is 0 Å². The standard InChI is InChI=1S/C68H138O/c1-5-9-13-15-17-19-21-23-25-27-33-39-45-53-61-67(59-51-11-7-3)63-55-47-41-35-29-31-37-43-49-57-65-69-66-58-50-44-38-32-30-36-42-48-56-64-68(60-52-12-8-4)62-54-46-40-34-28-26-24-22-20-18-16-14-10-6-2/h67-68H,5-66H2,1-4H3. The van der Waals surface area contributed by atoms with Crippen molar-refractivity contribution in [1.29, 1.82) is 0 Å². The maximum Gasteiger partial charge on any atom is 0.0466 e. The van der Waals surface area contributed by atoms with Crippen LogP contribution in [0.15, 0.2) is 0 Å². The van der Waals surface area contributed by atoms with E-state index in [0.717, 1.165) is 25.0 Å². The highest BCUT2D eigenvalue weighted by Gasteiger charge is 2.10. The number of ether oxygens (including phenoxy) is 1. The summed E-state index contributed by atoms with van der Waals surface area (Å²) in [6, 6.07) is 0. The van der Waals surface area contributed by atoms with Gasteiger partial charge in [0.2, 0.25) is 0 Å². The minimum atomic E-state index is 0.998. The number of unbranched alkanes of at least 4 members (excludes halogenated alkanes) is 48. The highest BCUT2D eigenvalue weighted by atomic mass is 16.5. The van der Waals surface area contributed by atoms with Crippen molar-refractivity contribution >= 4 is 0 Å². The van der Waals surface area contributed by atoms with Crippen molar-refractivity contribution in [3.05, 3.63) is 0 Å². The van der Waals surface area contributed by atoms with Crippen LogP contribution in [0.4, 0.5) is 0 Å². The van der Waals surface area contributed by atoms with Gasteiger partial charge in [0.05, 0.1) is 0 Å². The third-order valence-electron chi connectivity index (χ3n) is 16.7. The highest BCUT2D eigenvalue weighted by molar-refractivity contribution is 4.64. The van der Waals surface area contributed by atoms with Gasteiger partial charge in [-0.1, -0.05) is 400 Å².